The van der Waals surface area contributed by atoms with Gasteiger partial charge in [-0.05, 0) is 35.9 Å². The molecule has 0 amide bonds. The highest BCUT2D eigenvalue weighted by molar-refractivity contribution is 6.30. The molecule has 0 atom stereocenters. The monoisotopic (exact) mass is 286 g/mol. The molecular weight excluding hydrogens is 276 g/mol. The number of benzene rings is 2. The molecule has 0 bridgehead atoms. The molecule has 20 heavy (non-hydrogen) atoms. The minimum absolute atomic E-state index is 0.260. The molecule has 0 unspecified atom stereocenters. The predicted molar refractivity (Wildman–Crippen MR) is 77.3 cm³/mol. The summed E-state index contributed by atoms with van der Waals surface area (Å²) >= 11 is 5.86. The van der Waals surface area contributed by atoms with E-state index in [9.17, 15) is 4.79 Å². The Hall–Kier alpha value is -2.33. The molecule has 0 radical (unpaired) electrons. The normalized spacial score (nSPS) is 10.8. The summed E-state index contributed by atoms with van der Waals surface area (Å²) in [5.41, 5.74) is 3.00. The van der Waals surface area contributed by atoms with Crippen LogP contribution < -0.4 is 0 Å². The Morgan fingerprint density at radius 1 is 1.20 bits per heavy atom. The lowest BCUT2D eigenvalue weighted by atomic mass is 10.1. The largest absolute Gasteiger partial charge is 0.478 e. The van der Waals surface area contributed by atoms with Crippen molar-refractivity contribution in [3.63, 3.8) is 0 Å². The van der Waals surface area contributed by atoms with E-state index in [1.807, 2.05) is 24.3 Å². The third-order valence-corrected chi connectivity index (χ3v) is 3.43. The van der Waals surface area contributed by atoms with Crippen molar-refractivity contribution in [1.82, 2.24) is 10.2 Å². The van der Waals surface area contributed by atoms with Gasteiger partial charge in [-0.3, -0.25) is 5.10 Å². The van der Waals surface area contributed by atoms with Crippen molar-refractivity contribution in [1.29, 1.82) is 0 Å². The van der Waals surface area contributed by atoms with E-state index in [4.69, 9.17) is 16.7 Å². The summed E-state index contributed by atoms with van der Waals surface area (Å²) in [6.07, 6.45) is 0.650. The lowest BCUT2D eigenvalue weighted by molar-refractivity contribution is 0.0697. The number of nitrogens with one attached hydrogen (secondary N) is 1. The van der Waals surface area contributed by atoms with E-state index in [1.54, 1.807) is 18.2 Å². The number of hydrogen-bond donors (Lipinski definition) is 2. The smallest absolute Gasteiger partial charge is 0.335 e. The van der Waals surface area contributed by atoms with E-state index in [1.165, 1.54) is 0 Å². The molecule has 0 spiro atoms. The number of halogens is 1. The van der Waals surface area contributed by atoms with Crippen LogP contribution in [0.1, 0.15) is 21.6 Å². The molecular formula is C15H11ClN2O2. The Balaban J connectivity index is 2.00. The Morgan fingerprint density at radius 3 is 2.65 bits per heavy atom. The molecule has 2 N–H and O–H groups in total. The molecule has 0 fully saturated rings. The first-order chi connectivity index (χ1) is 9.63. The van der Waals surface area contributed by atoms with Gasteiger partial charge in [-0.2, -0.15) is 5.10 Å². The number of fused-ring (bicyclic) bond motifs is 1. The second kappa shape index (κ2) is 4.98. The number of aromatic amines is 1. The molecule has 0 aliphatic carbocycles. The Kier molecular flexibility index (Phi) is 3.16. The van der Waals surface area contributed by atoms with Crippen LogP contribution in [-0.2, 0) is 6.42 Å². The first kappa shape index (κ1) is 12.7. The number of carboxylic acid groups (broad SMARTS) is 1. The van der Waals surface area contributed by atoms with Gasteiger partial charge in [0.1, 0.15) is 0 Å². The van der Waals surface area contributed by atoms with Crippen LogP contribution in [0.4, 0.5) is 0 Å². The number of H-pyrrole nitrogens is 1. The maximum atomic E-state index is 11.0. The summed E-state index contributed by atoms with van der Waals surface area (Å²) in [4.78, 5) is 11.0. The highest BCUT2D eigenvalue weighted by Gasteiger charge is 2.10. The quantitative estimate of drug-likeness (QED) is 0.774. The van der Waals surface area contributed by atoms with Crippen molar-refractivity contribution in [3.05, 3.63) is 64.3 Å². The molecule has 1 aromatic heterocycles. The molecule has 0 aliphatic rings. The fraction of sp³-hybridized carbons (Fsp3) is 0.0667. The molecule has 1 heterocycles. The van der Waals surface area contributed by atoms with Crippen molar-refractivity contribution in [2.45, 2.75) is 6.42 Å². The van der Waals surface area contributed by atoms with E-state index in [0.717, 1.165) is 22.2 Å². The molecule has 5 heteroatoms. The second-order valence-corrected chi connectivity index (χ2v) is 4.98. The standard InChI is InChI=1S/C15H11ClN2O2/c16-11-4-1-9(2-5-11)7-14-12-8-10(15(19)20)3-6-13(12)17-18-14/h1-6,8H,7H2,(H,17,18)(H,19,20). The molecule has 3 aromatic rings. The zero-order valence-corrected chi connectivity index (χ0v) is 11.2. The van der Waals surface area contributed by atoms with Crippen molar-refractivity contribution < 1.29 is 9.90 Å². The third kappa shape index (κ3) is 2.38. The van der Waals surface area contributed by atoms with Gasteiger partial charge in [0, 0.05) is 22.5 Å². The van der Waals surface area contributed by atoms with E-state index < -0.39 is 5.97 Å². The van der Waals surface area contributed by atoms with Crippen LogP contribution in [0.15, 0.2) is 42.5 Å². The topological polar surface area (TPSA) is 66.0 Å². The van der Waals surface area contributed by atoms with Crippen molar-refractivity contribution in [3.8, 4) is 0 Å². The first-order valence-corrected chi connectivity index (χ1v) is 6.46. The van der Waals surface area contributed by atoms with Crippen LogP contribution in [0.2, 0.25) is 5.02 Å². The van der Waals surface area contributed by atoms with Crippen LogP contribution in [-0.4, -0.2) is 21.3 Å². The summed E-state index contributed by atoms with van der Waals surface area (Å²) < 4.78 is 0. The molecule has 0 saturated carbocycles. The number of carboxylic acids is 1. The van der Waals surface area contributed by atoms with Crippen LogP contribution in [0, 0.1) is 0 Å². The number of rotatable bonds is 3. The van der Waals surface area contributed by atoms with Crippen LogP contribution in [0.25, 0.3) is 10.9 Å². The van der Waals surface area contributed by atoms with Gasteiger partial charge in [0.15, 0.2) is 0 Å². The maximum absolute atomic E-state index is 11.0. The number of carbonyl (C=O) groups is 1. The van der Waals surface area contributed by atoms with Gasteiger partial charge in [0.25, 0.3) is 0 Å². The molecule has 3 rings (SSSR count). The summed E-state index contributed by atoms with van der Waals surface area (Å²) in [5.74, 6) is -0.939. The zero-order chi connectivity index (χ0) is 14.1. The highest BCUT2D eigenvalue weighted by Crippen LogP contribution is 2.21. The first-order valence-electron chi connectivity index (χ1n) is 6.08. The van der Waals surface area contributed by atoms with Gasteiger partial charge in [0.05, 0.1) is 11.1 Å². The van der Waals surface area contributed by atoms with Crippen LogP contribution in [0.3, 0.4) is 0 Å². The van der Waals surface area contributed by atoms with Gasteiger partial charge < -0.3 is 5.11 Å². The summed E-state index contributed by atoms with van der Waals surface area (Å²) in [5, 5.41) is 17.7. The minimum Gasteiger partial charge on any atom is -0.478 e. The second-order valence-electron chi connectivity index (χ2n) is 4.54. The van der Waals surface area contributed by atoms with E-state index in [2.05, 4.69) is 10.2 Å². The van der Waals surface area contributed by atoms with Crippen molar-refractivity contribution in [2.24, 2.45) is 0 Å². The number of aromatic nitrogens is 2. The van der Waals surface area contributed by atoms with E-state index in [-0.39, 0.29) is 5.56 Å². The van der Waals surface area contributed by atoms with Crippen molar-refractivity contribution in [2.75, 3.05) is 0 Å². The fourth-order valence-electron chi connectivity index (χ4n) is 2.14. The minimum atomic E-state index is -0.939. The Morgan fingerprint density at radius 2 is 1.95 bits per heavy atom. The van der Waals surface area contributed by atoms with Gasteiger partial charge in [-0.1, -0.05) is 23.7 Å². The van der Waals surface area contributed by atoms with E-state index in [0.29, 0.717) is 11.4 Å². The Bertz CT molecular complexity index is 778. The van der Waals surface area contributed by atoms with Gasteiger partial charge in [-0.25, -0.2) is 4.79 Å². The molecule has 2 aromatic carbocycles. The fourth-order valence-corrected chi connectivity index (χ4v) is 2.26. The number of hydrogen-bond acceptors (Lipinski definition) is 2. The van der Waals surface area contributed by atoms with Crippen LogP contribution in [0.5, 0.6) is 0 Å². The third-order valence-electron chi connectivity index (χ3n) is 3.17. The zero-order valence-electron chi connectivity index (χ0n) is 10.4. The average Bonchev–Trinajstić information content (AvgIpc) is 2.84. The maximum Gasteiger partial charge on any atom is 0.335 e. The van der Waals surface area contributed by atoms with E-state index >= 15 is 0 Å². The molecule has 100 valence electrons. The number of aromatic carboxylic acids is 1. The Labute approximate surface area is 120 Å². The average molecular weight is 287 g/mol. The molecule has 4 nitrogen and oxygen atoms in total. The summed E-state index contributed by atoms with van der Waals surface area (Å²) in [6.45, 7) is 0. The van der Waals surface area contributed by atoms with Crippen molar-refractivity contribution >= 4 is 28.5 Å². The molecule has 0 saturated heterocycles. The van der Waals surface area contributed by atoms with Gasteiger partial charge in [-0.15, -0.1) is 0 Å². The lowest BCUT2D eigenvalue weighted by Gasteiger charge is -2.01. The van der Waals surface area contributed by atoms with Gasteiger partial charge in [0.2, 0.25) is 0 Å². The molecule has 0 aliphatic heterocycles. The summed E-state index contributed by atoms with van der Waals surface area (Å²) in [6, 6.07) is 12.5. The lowest BCUT2D eigenvalue weighted by Crippen LogP contribution is -1.95. The predicted octanol–water partition coefficient (Wildman–Crippen LogP) is 3.51. The van der Waals surface area contributed by atoms with Gasteiger partial charge >= 0.3 is 5.97 Å². The number of nitrogens with zero attached hydrogens (tertiary/aromatic N) is 1. The SMILES string of the molecule is O=C(O)c1ccc2n[nH]c(Cc3ccc(Cl)cc3)c2c1. The highest BCUT2D eigenvalue weighted by atomic mass is 35.5. The summed E-state index contributed by atoms with van der Waals surface area (Å²) in [7, 11) is 0. The van der Waals surface area contributed by atoms with Crippen LogP contribution >= 0.6 is 11.6 Å².